The van der Waals surface area contributed by atoms with E-state index < -0.39 is 0 Å². The van der Waals surface area contributed by atoms with E-state index in [0.29, 0.717) is 24.1 Å². The van der Waals surface area contributed by atoms with Crippen LogP contribution in [0.3, 0.4) is 0 Å². The van der Waals surface area contributed by atoms with Crippen LogP contribution in [0.25, 0.3) is 11.3 Å². The van der Waals surface area contributed by atoms with Crippen molar-refractivity contribution in [2.75, 3.05) is 36.5 Å². The second-order valence-corrected chi connectivity index (χ2v) is 7.06. The lowest BCUT2D eigenvalue weighted by Gasteiger charge is -2.30. The van der Waals surface area contributed by atoms with Gasteiger partial charge < -0.3 is 10.1 Å². The van der Waals surface area contributed by atoms with Gasteiger partial charge in [0.15, 0.2) is 11.6 Å². The summed E-state index contributed by atoms with van der Waals surface area (Å²) in [5, 5.41) is 3.08. The highest BCUT2D eigenvalue weighted by molar-refractivity contribution is 6.00. The number of carbonyl (C=O) groups excluding carboxylic acids is 1. The molecule has 1 N–H and O–H groups in total. The quantitative estimate of drug-likeness (QED) is 0.875. The van der Waals surface area contributed by atoms with Gasteiger partial charge in [0.2, 0.25) is 5.91 Å². The first-order chi connectivity index (χ1) is 13.2. The van der Waals surface area contributed by atoms with Crippen molar-refractivity contribution in [1.29, 1.82) is 0 Å². The third kappa shape index (κ3) is 3.93. The number of ether oxygens (including phenoxy) is 1. The molecule has 4 heterocycles. The summed E-state index contributed by atoms with van der Waals surface area (Å²) >= 11 is 0. The molecule has 0 aliphatic carbocycles. The zero-order valence-corrected chi connectivity index (χ0v) is 15.6. The molecule has 0 unspecified atom stereocenters. The van der Waals surface area contributed by atoms with Crippen molar-refractivity contribution in [3.05, 3.63) is 30.2 Å². The van der Waals surface area contributed by atoms with Crippen LogP contribution in [-0.4, -0.2) is 47.2 Å². The van der Waals surface area contributed by atoms with Crippen molar-refractivity contribution in [1.82, 2.24) is 15.0 Å². The molecule has 27 heavy (non-hydrogen) atoms. The van der Waals surface area contributed by atoms with E-state index in [2.05, 4.69) is 22.2 Å². The molecule has 2 aromatic rings. The first-order valence-electron chi connectivity index (χ1n) is 9.69. The minimum Gasteiger partial charge on any atom is -0.381 e. The van der Waals surface area contributed by atoms with E-state index in [1.165, 1.54) is 0 Å². The number of anilines is 2. The van der Waals surface area contributed by atoms with Gasteiger partial charge in [-0.3, -0.25) is 14.7 Å². The molecular formula is C20H25N5O2. The molecule has 4 rings (SSSR count). The highest BCUT2D eigenvalue weighted by atomic mass is 16.5. The monoisotopic (exact) mass is 367 g/mol. The highest BCUT2D eigenvalue weighted by Crippen LogP contribution is 2.29. The first kappa shape index (κ1) is 17.9. The van der Waals surface area contributed by atoms with Crippen LogP contribution in [0.5, 0.6) is 0 Å². The van der Waals surface area contributed by atoms with Crippen molar-refractivity contribution in [2.24, 2.45) is 5.92 Å². The van der Waals surface area contributed by atoms with Gasteiger partial charge in [-0.2, -0.15) is 0 Å². The summed E-state index contributed by atoms with van der Waals surface area (Å²) in [6, 6.07) is 4.01. The molecule has 7 heteroatoms. The number of hydrogen-bond donors (Lipinski definition) is 1. The second kappa shape index (κ2) is 8.00. The van der Waals surface area contributed by atoms with Crippen LogP contribution in [0.15, 0.2) is 24.5 Å². The van der Waals surface area contributed by atoms with Crippen LogP contribution in [0.1, 0.15) is 31.9 Å². The number of fused-ring (bicyclic) bond motifs is 1. The molecule has 0 aromatic carbocycles. The lowest BCUT2D eigenvalue weighted by atomic mass is 9.96. The molecule has 0 saturated carbocycles. The Morgan fingerprint density at radius 3 is 2.81 bits per heavy atom. The minimum absolute atomic E-state index is 0.0421. The molecule has 0 bridgehead atoms. The van der Waals surface area contributed by atoms with Crippen molar-refractivity contribution >= 4 is 17.5 Å². The number of carbonyl (C=O) groups is 1. The Morgan fingerprint density at radius 1 is 1.22 bits per heavy atom. The molecular weight excluding hydrogens is 342 g/mol. The van der Waals surface area contributed by atoms with Crippen LogP contribution in [-0.2, 0) is 16.0 Å². The van der Waals surface area contributed by atoms with Crippen LogP contribution in [0.4, 0.5) is 11.6 Å². The topological polar surface area (TPSA) is 80.2 Å². The van der Waals surface area contributed by atoms with Gasteiger partial charge in [0, 0.05) is 37.2 Å². The van der Waals surface area contributed by atoms with Crippen molar-refractivity contribution in [2.45, 2.75) is 32.6 Å². The standard InChI is InChI=1S/C20H25N5O2/c1-2-16-4-3-15(11-21-16)17-12-22-19-20(24-17)25(18(26)13-23-19)8-5-14-6-9-27-10-7-14/h3-4,11-12,14H,2,5-10,13H2,1H3,(H,22,23). The Morgan fingerprint density at radius 2 is 2.07 bits per heavy atom. The summed E-state index contributed by atoms with van der Waals surface area (Å²) in [5.74, 6) is 1.94. The molecule has 1 fully saturated rings. The number of aryl methyl sites for hydroxylation is 1. The average molecular weight is 367 g/mol. The fraction of sp³-hybridized carbons (Fsp3) is 0.500. The third-order valence-corrected chi connectivity index (χ3v) is 5.30. The van der Waals surface area contributed by atoms with E-state index in [1.54, 1.807) is 11.1 Å². The zero-order valence-electron chi connectivity index (χ0n) is 15.6. The molecule has 7 nitrogen and oxygen atoms in total. The molecule has 0 atom stereocenters. The molecule has 2 aromatic heterocycles. The summed E-state index contributed by atoms with van der Waals surface area (Å²) < 4.78 is 5.43. The Hall–Kier alpha value is -2.54. The van der Waals surface area contributed by atoms with Gasteiger partial charge in [0.1, 0.15) is 0 Å². The highest BCUT2D eigenvalue weighted by Gasteiger charge is 2.28. The molecule has 2 aliphatic heterocycles. The Kier molecular flexibility index (Phi) is 5.29. The Labute approximate surface area is 159 Å². The van der Waals surface area contributed by atoms with Gasteiger partial charge in [-0.15, -0.1) is 0 Å². The summed E-state index contributed by atoms with van der Waals surface area (Å²) in [7, 11) is 0. The molecule has 1 saturated heterocycles. The van der Waals surface area contributed by atoms with Gasteiger partial charge in [-0.05, 0) is 43.7 Å². The van der Waals surface area contributed by atoms with E-state index in [9.17, 15) is 4.79 Å². The van der Waals surface area contributed by atoms with Gasteiger partial charge in [0.05, 0.1) is 18.4 Å². The van der Waals surface area contributed by atoms with Crippen LogP contribution >= 0.6 is 0 Å². The lowest BCUT2D eigenvalue weighted by Crippen LogP contribution is -2.42. The van der Waals surface area contributed by atoms with Crippen molar-refractivity contribution in [3.63, 3.8) is 0 Å². The maximum atomic E-state index is 12.5. The summed E-state index contributed by atoms with van der Waals surface area (Å²) in [4.78, 5) is 28.0. The summed E-state index contributed by atoms with van der Waals surface area (Å²) in [5.41, 5.74) is 2.68. The second-order valence-electron chi connectivity index (χ2n) is 7.06. The van der Waals surface area contributed by atoms with Crippen LogP contribution in [0, 0.1) is 5.92 Å². The van der Waals surface area contributed by atoms with Crippen molar-refractivity contribution in [3.8, 4) is 11.3 Å². The van der Waals surface area contributed by atoms with E-state index in [4.69, 9.17) is 9.72 Å². The largest absolute Gasteiger partial charge is 0.381 e. The van der Waals surface area contributed by atoms with Crippen LogP contribution < -0.4 is 10.2 Å². The van der Waals surface area contributed by atoms with Crippen LogP contribution in [0.2, 0.25) is 0 Å². The van der Waals surface area contributed by atoms with E-state index in [1.807, 2.05) is 18.3 Å². The number of amides is 1. The molecule has 2 aliphatic rings. The van der Waals surface area contributed by atoms with Gasteiger partial charge in [0.25, 0.3) is 0 Å². The normalized spacial score (nSPS) is 17.5. The Bertz CT molecular complexity index is 803. The predicted molar refractivity (Wildman–Crippen MR) is 104 cm³/mol. The first-order valence-corrected chi connectivity index (χ1v) is 9.69. The van der Waals surface area contributed by atoms with Gasteiger partial charge >= 0.3 is 0 Å². The van der Waals surface area contributed by atoms with Gasteiger partial charge in [-0.1, -0.05) is 6.92 Å². The number of nitrogens with zero attached hydrogens (tertiary/aromatic N) is 4. The Balaban J connectivity index is 1.56. The number of aromatic nitrogens is 3. The molecule has 0 spiro atoms. The van der Waals surface area contributed by atoms with Gasteiger partial charge in [-0.25, -0.2) is 9.97 Å². The van der Waals surface area contributed by atoms with Crippen molar-refractivity contribution < 1.29 is 9.53 Å². The number of hydrogen-bond acceptors (Lipinski definition) is 6. The lowest BCUT2D eigenvalue weighted by molar-refractivity contribution is -0.117. The number of rotatable bonds is 5. The SMILES string of the molecule is CCc1ccc(-c2cnc3c(n2)N(CCC2CCOCC2)C(=O)CN3)cn1. The molecule has 142 valence electrons. The van der Waals surface area contributed by atoms with E-state index >= 15 is 0 Å². The number of pyridine rings is 1. The fourth-order valence-electron chi connectivity index (χ4n) is 3.57. The summed E-state index contributed by atoms with van der Waals surface area (Å²) in [6.45, 7) is 4.65. The maximum Gasteiger partial charge on any atom is 0.247 e. The van der Waals surface area contributed by atoms with E-state index in [0.717, 1.165) is 55.8 Å². The minimum atomic E-state index is 0.0421. The maximum absolute atomic E-state index is 12.5. The predicted octanol–water partition coefficient (Wildman–Crippen LogP) is 2.68. The molecule has 0 radical (unpaired) electrons. The smallest absolute Gasteiger partial charge is 0.247 e. The number of nitrogens with one attached hydrogen (secondary N) is 1. The zero-order chi connectivity index (χ0) is 18.6. The molecule has 1 amide bonds. The average Bonchev–Trinajstić information content (AvgIpc) is 2.73. The fourth-order valence-corrected chi connectivity index (χ4v) is 3.57. The summed E-state index contributed by atoms with van der Waals surface area (Å²) in [6.07, 6.45) is 7.55. The van der Waals surface area contributed by atoms with E-state index in [-0.39, 0.29) is 12.5 Å². The third-order valence-electron chi connectivity index (χ3n) is 5.30.